The number of primary amides is 2. The van der Waals surface area contributed by atoms with Crippen LogP contribution in [0.4, 0.5) is 21.0 Å². The van der Waals surface area contributed by atoms with Crippen molar-refractivity contribution in [2.45, 2.75) is 44.9 Å². The second-order valence-corrected chi connectivity index (χ2v) is 10.9. The molecule has 2 aromatic rings. The van der Waals surface area contributed by atoms with E-state index in [1.165, 1.54) is 24.3 Å². The van der Waals surface area contributed by atoms with Crippen molar-refractivity contribution in [1.29, 1.82) is 0 Å². The van der Waals surface area contributed by atoms with Crippen LogP contribution in [0.2, 0.25) is 0 Å². The fraction of sp³-hybridized carbons (Fsp3) is 0.370. The maximum absolute atomic E-state index is 13.0. The lowest BCUT2D eigenvalue weighted by atomic mass is 10.1. The summed E-state index contributed by atoms with van der Waals surface area (Å²) in [4.78, 5) is 59.9. The van der Waals surface area contributed by atoms with Gasteiger partial charge in [0, 0.05) is 17.8 Å². The Labute approximate surface area is 254 Å². The highest BCUT2D eigenvalue weighted by Crippen LogP contribution is 2.31. The number of hydrogen-bond acceptors (Lipinski definition) is 9. The van der Waals surface area contributed by atoms with Gasteiger partial charge in [-0.15, -0.1) is 4.52 Å². The third-order valence-electron chi connectivity index (χ3n) is 5.71. The van der Waals surface area contributed by atoms with Gasteiger partial charge in [-0.1, -0.05) is 12.1 Å². The molecule has 238 valence electrons. The van der Waals surface area contributed by atoms with Crippen molar-refractivity contribution in [3.8, 4) is 0 Å². The van der Waals surface area contributed by atoms with Crippen molar-refractivity contribution < 1.29 is 42.9 Å². The van der Waals surface area contributed by atoms with E-state index in [-0.39, 0.29) is 31.7 Å². The van der Waals surface area contributed by atoms with Crippen LogP contribution < -0.4 is 37.8 Å². The lowest BCUT2D eigenvalue weighted by Gasteiger charge is -2.19. The summed E-state index contributed by atoms with van der Waals surface area (Å²) >= 11 is 0. The third-order valence-corrected chi connectivity index (χ3v) is 6.81. The van der Waals surface area contributed by atoms with E-state index >= 15 is 0 Å². The predicted molar refractivity (Wildman–Crippen MR) is 160 cm³/mol. The van der Waals surface area contributed by atoms with Crippen LogP contribution in [0.15, 0.2) is 48.5 Å². The van der Waals surface area contributed by atoms with Crippen molar-refractivity contribution in [2.75, 3.05) is 30.1 Å². The summed E-state index contributed by atoms with van der Waals surface area (Å²) < 4.78 is 22.0. The maximum Gasteiger partial charge on any atom is 0.643 e. The molecule has 10 N–H and O–H groups in total. The molecule has 0 heterocycles. The summed E-state index contributed by atoms with van der Waals surface area (Å²) in [6.45, 7) is 2.52. The Balaban J connectivity index is 1.94. The van der Waals surface area contributed by atoms with Crippen molar-refractivity contribution in [3.05, 3.63) is 59.7 Å². The van der Waals surface area contributed by atoms with Crippen molar-refractivity contribution in [3.63, 3.8) is 0 Å². The van der Waals surface area contributed by atoms with Gasteiger partial charge in [-0.25, -0.2) is 9.59 Å². The number of nitrogens with one attached hydrogen (secondary N) is 5. The fourth-order valence-electron chi connectivity index (χ4n) is 3.44. The minimum Gasteiger partial charge on any atom is -0.445 e. The van der Waals surface area contributed by atoms with Crippen molar-refractivity contribution in [2.24, 2.45) is 11.5 Å². The third kappa shape index (κ3) is 13.5. The molecule has 2 aromatic carbocycles. The van der Waals surface area contributed by atoms with E-state index in [0.717, 1.165) is 0 Å². The first-order chi connectivity index (χ1) is 20.8. The molecule has 1 unspecified atom stereocenters. The first-order valence-corrected chi connectivity index (χ1v) is 14.5. The van der Waals surface area contributed by atoms with Crippen molar-refractivity contribution >= 4 is 49.4 Å². The molecule has 6 amide bonds. The summed E-state index contributed by atoms with van der Waals surface area (Å²) in [6.07, 6.45) is -0.462. The van der Waals surface area contributed by atoms with Crippen LogP contribution in [0.1, 0.15) is 42.6 Å². The number of aliphatic hydroxyl groups excluding tert-OH is 1. The van der Waals surface area contributed by atoms with Crippen LogP contribution in [0.5, 0.6) is 0 Å². The SMILES string of the molecule is CC(C)(CO)O[P+](=O)Nc1ccc(C(=O)NCC(=O)N[C@@H](CCCNC(N)=O)C(=O)Nc2ccc(COC(N)=O)cc2)cc1. The molecule has 0 spiro atoms. The molecule has 2 rings (SSSR count). The highest BCUT2D eigenvalue weighted by molar-refractivity contribution is 7.41. The zero-order valence-corrected chi connectivity index (χ0v) is 25.1. The molecule has 0 fully saturated rings. The topological polar surface area (TPSA) is 253 Å². The summed E-state index contributed by atoms with van der Waals surface area (Å²) in [5.41, 5.74) is 10.7. The number of amides is 6. The number of anilines is 2. The van der Waals surface area contributed by atoms with E-state index in [1.54, 1.807) is 38.1 Å². The van der Waals surface area contributed by atoms with Gasteiger partial charge >= 0.3 is 20.3 Å². The predicted octanol–water partition coefficient (Wildman–Crippen LogP) is 1.44. The Morgan fingerprint density at radius 3 is 2.18 bits per heavy atom. The average molecular weight is 635 g/mol. The molecule has 16 nitrogen and oxygen atoms in total. The van der Waals surface area contributed by atoms with Gasteiger partial charge in [0.1, 0.15) is 18.2 Å². The standard InChI is InChI=1S/C27H36N7O9P/c1-27(2,16-35)43-44(41)34-20-11-7-18(8-12-20)23(37)31-14-22(36)33-21(4-3-13-30-25(28)39)24(38)32-19-9-5-17(6-10-19)15-42-26(29)40/h5-12,21,35H,3-4,13-16H2,1-2H3,(H8-,28,29,30,31,32,33,34,36,37,38,39,40,41)/p+1/t21-/m0/s1. The van der Waals surface area contributed by atoms with E-state index in [1.807, 2.05) is 0 Å². The zero-order chi connectivity index (χ0) is 32.7. The van der Waals surface area contributed by atoms with Gasteiger partial charge < -0.3 is 42.6 Å². The summed E-state index contributed by atoms with van der Waals surface area (Å²) in [7, 11) is -2.33. The number of carbonyl (C=O) groups excluding carboxylic acids is 5. The lowest BCUT2D eigenvalue weighted by molar-refractivity contribution is -0.126. The molecule has 0 aliphatic heterocycles. The van der Waals surface area contributed by atoms with Crippen LogP contribution in [0.3, 0.4) is 0 Å². The molecular formula is C27H37N7O9P+. The van der Waals surface area contributed by atoms with Crippen LogP contribution in [0, 0.1) is 0 Å². The number of urea groups is 1. The monoisotopic (exact) mass is 634 g/mol. The minimum atomic E-state index is -2.33. The molecule has 17 heteroatoms. The van der Waals surface area contributed by atoms with E-state index in [2.05, 4.69) is 26.4 Å². The Morgan fingerprint density at radius 1 is 0.955 bits per heavy atom. The molecule has 0 aliphatic rings. The largest absolute Gasteiger partial charge is 0.643 e. The zero-order valence-electron chi connectivity index (χ0n) is 24.3. The quantitative estimate of drug-likeness (QED) is 0.0918. The molecule has 0 saturated carbocycles. The molecule has 2 atom stereocenters. The highest BCUT2D eigenvalue weighted by atomic mass is 31.1. The molecular weight excluding hydrogens is 597 g/mol. The van der Waals surface area contributed by atoms with Crippen LogP contribution in [0.25, 0.3) is 0 Å². The molecule has 0 aliphatic carbocycles. The van der Waals surface area contributed by atoms with E-state index in [0.29, 0.717) is 23.4 Å². The van der Waals surface area contributed by atoms with Gasteiger partial charge in [0.05, 0.1) is 18.8 Å². The molecule has 44 heavy (non-hydrogen) atoms. The van der Waals surface area contributed by atoms with Gasteiger partial charge in [-0.2, -0.15) is 5.09 Å². The normalized spacial score (nSPS) is 11.8. The lowest BCUT2D eigenvalue weighted by Crippen LogP contribution is -2.47. The number of carbonyl (C=O) groups is 5. The first-order valence-electron chi connectivity index (χ1n) is 13.3. The number of hydrogen-bond donors (Lipinski definition) is 8. The fourth-order valence-corrected chi connectivity index (χ4v) is 4.35. The second-order valence-electron chi connectivity index (χ2n) is 9.99. The number of ether oxygens (including phenoxy) is 1. The Hall–Kier alpha value is -4.79. The van der Waals surface area contributed by atoms with Gasteiger partial charge in [-0.05, 0) is 73.2 Å². The van der Waals surface area contributed by atoms with Gasteiger partial charge in [0.2, 0.25) is 11.8 Å². The van der Waals surface area contributed by atoms with Crippen LogP contribution >= 0.6 is 8.18 Å². The number of rotatable bonds is 17. The van der Waals surface area contributed by atoms with Gasteiger partial charge in [-0.3, -0.25) is 14.4 Å². The maximum atomic E-state index is 13.0. The van der Waals surface area contributed by atoms with Gasteiger partial charge in [0.15, 0.2) is 0 Å². The Morgan fingerprint density at radius 2 is 1.59 bits per heavy atom. The first kappa shape index (κ1) is 35.4. The average Bonchev–Trinajstić information content (AvgIpc) is 2.97. The van der Waals surface area contributed by atoms with Crippen molar-refractivity contribution in [1.82, 2.24) is 16.0 Å². The van der Waals surface area contributed by atoms with Crippen LogP contribution in [-0.4, -0.2) is 66.3 Å². The molecule has 0 aromatic heterocycles. The van der Waals surface area contributed by atoms with E-state index in [9.17, 15) is 33.6 Å². The number of aliphatic hydroxyl groups is 1. The summed E-state index contributed by atoms with van der Waals surface area (Å²) in [5.74, 6) is -1.75. The summed E-state index contributed by atoms with van der Waals surface area (Å²) in [6, 6.07) is 10.5. The Kier molecular flexibility index (Phi) is 14.0. The van der Waals surface area contributed by atoms with E-state index in [4.69, 9.17) is 20.7 Å². The highest BCUT2D eigenvalue weighted by Gasteiger charge is 2.32. The number of nitrogens with two attached hydrogens (primary N) is 2. The number of benzene rings is 2. The summed E-state index contributed by atoms with van der Waals surface area (Å²) in [5, 5.41) is 22.0. The molecule has 0 radical (unpaired) electrons. The molecule has 0 bridgehead atoms. The smallest absolute Gasteiger partial charge is 0.445 e. The Bertz CT molecular complexity index is 1320. The van der Waals surface area contributed by atoms with Crippen LogP contribution in [-0.2, 0) is 30.0 Å². The minimum absolute atomic E-state index is 0.0396. The second kappa shape index (κ2) is 17.4. The van der Waals surface area contributed by atoms with E-state index < -0.39 is 56.2 Å². The van der Waals surface area contributed by atoms with Gasteiger partial charge in [0.25, 0.3) is 5.91 Å². The molecule has 0 saturated heterocycles.